The van der Waals surface area contributed by atoms with Crippen LogP contribution < -0.4 is 4.72 Å². The van der Waals surface area contributed by atoms with Crippen molar-refractivity contribution in [2.45, 2.75) is 51.8 Å². The Hall–Kier alpha value is -1.46. The Kier molecular flexibility index (Phi) is 5.42. The van der Waals surface area contributed by atoms with E-state index < -0.39 is 11.0 Å². The molecule has 4 nitrogen and oxygen atoms in total. The molecule has 2 aromatic rings. The molecule has 23 heavy (non-hydrogen) atoms. The summed E-state index contributed by atoms with van der Waals surface area (Å²) in [5, 5.41) is 4.26. The lowest BCUT2D eigenvalue weighted by Gasteiger charge is -2.24. The highest BCUT2D eigenvalue weighted by atomic mass is 32.2. The van der Waals surface area contributed by atoms with Gasteiger partial charge in [0.2, 0.25) is 0 Å². The van der Waals surface area contributed by atoms with E-state index >= 15 is 0 Å². The Morgan fingerprint density at radius 1 is 1.22 bits per heavy atom. The van der Waals surface area contributed by atoms with Gasteiger partial charge < -0.3 is 0 Å². The SMILES string of the molecule is Cc1cc(C)cc(CC(N[S@@](=O)C(C)(C)C)c2cnn(C)c2)c1. The minimum Gasteiger partial charge on any atom is -0.275 e. The number of aryl methyl sites for hydroxylation is 3. The first kappa shape index (κ1) is 17.9. The first-order valence-corrected chi connectivity index (χ1v) is 9.04. The second-order valence-corrected chi connectivity index (χ2v) is 9.20. The van der Waals surface area contributed by atoms with Crippen LogP contribution in [-0.4, -0.2) is 18.7 Å². The number of benzene rings is 1. The molecule has 0 radical (unpaired) electrons. The Morgan fingerprint density at radius 3 is 2.30 bits per heavy atom. The monoisotopic (exact) mass is 333 g/mol. The fourth-order valence-corrected chi connectivity index (χ4v) is 3.41. The maximum absolute atomic E-state index is 12.6. The molecule has 1 heterocycles. The summed E-state index contributed by atoms with van der Waals surface area (Å²) in [6, 6.07) is 6.53. The van der Waals surface area contributed by atoms with E-state index in [2.05, 4.69) is 41.9 Å². The van der Waals surface area contributed by atoms with Gasteiger partial charge in [-0.2, -0.15) is 5.10 Å². The third kappa shape index (κ3) is 5.01. The molecule has 126 valence electrons. The Morgan fingerprint density at radius 2 is 1.83 bits per heavy atom. The van der Waals surface area contributed by atoms with Crippen LogP contribution in [0.4, 0.5) is 0 Å². The van der Waals surface area contributed by atoms with Crippen molar-refractivity contribution in [2.75, 3.05) is 0 Å². The number of hydrogen-bond acceptors (Lipinski definition) is 2. The molecule has 0 aliphatic rings. The molecule has 0 saturated carbocycles. The summed E-state index contributed by atoms with van der Waals surface area (Å²) in [6.45, 7) is 10.2. The van der Waals surface area contributed by atoms with E-state index in [-0.39, 0.29) is 10.8 Å². The molecule has 1 unspecified atom stereocenters. The highest BCUT2D eigenvalue weighted by Gasteiger charge is 2.24. The first-order chi connectivity index (χ1) is 10.6. The summed E-state index contributed by atoms with van der Waals surface area (Å²) in [5.74, 6) is 0. The van der Waals surface area contributed by atoms with Gasteiger partial charge in [0.25, 0.3) is 0 Å². The van der Waals surface area contributed by atoms with Crippen molar-refractivity contribution in [3.63, 3.8) is 0 Å². The van der Waals surface area contributed by atoms with Crippen molar-refractivity contribution < 1.29 is 4.21 Å². The van der Waals surface area contributed by atoms with Crippen LogP contribution in [-0.2, 0) is 24.5 Å². The van der Waals surface area contributed by atoms with Gasteiger partial charge in [0.1, 0.15) is 0 Å². The molecule has 5 heteroatoms. The summed E-state index contributed by atoms with van der Waals surface area (Å²) in [4.78, 5) is 0. The minimum atomic E-state index is -1.13. The lowest BCUT2D eigenvalue weighted by molar-refractivity contribution is 0.596. The molecule has 0 bridgehead atoms. The maximum Gasteiger partial charge on any atom is 0.0976 e. The highest BCUT2D eigenvalue weighted by molar-refractivity contribution is 7.84. The Bertz CT molecular complexity index is 680. The summed E-state index contributed by atoms with van der Waals surface area (Å²) < 4.78 is 17.3. The van der Waals surface area contributed by atoms with Crippen molar-refractivity contribution in [3.05, 3.63) is 52.8 Å². The van der Waals surface area contributed by atoms with Crippen LogP contribution in [0.15, 0.2) is 30.6 Å². The number of rotatable bonds is 5. The van der Waals surface area contributed by atoms with Gasteiger partial charge in [-0.1, -0.05) is 29.3 Å². The molecule has 2 atom stereocenters. The van der Waals surface area contributed by atoms with Crippen LogP contribution in [0.2, 0.25) is 0 Å². The normalized spacial score (nSPS) is 14.7. The van der Waals surface area contributed by atoms with Crippen LogP contribution in [0.5, 0.6) is 0 Å². The second kappa shape index (κ2) is 6.97. The van der Waals surface area contributed by atoms with Gasteiger partial charge >= 0.3 is 0 Å². The van der Waals surface area contributed by atoms with Crippen LogP contribution in [0.3, 0.4) is 0 Å². The van der Waals surface area contributed by atoms with Gasteiger partial charge in [-0.3, -0.25) is 4.68 Å². The van der Waals surface area contributed by atoms with Gasteiger partial charge in [0.15, 0.2) is 0 Å². The zero-order valence-electron chi connectivity index (χ0n) is 14.9. The van der Waals surface area contributed by atoms with Gasteiger partial charge in [-0.25, -0.2) is 8.93 Å². The summed E-state index contributed by atoms with van der Waals surface area (Å²) in [5.41, 5.74) is 4.81. The molecular formula is C18H27N3OS. The first-order valence-electron chi connectivity index (χ1n) is 7.89. The third-order valence-corrected chi connectivity index (χ3v) is 5.26. The zero-order chi connectivity index (χ0) is 17.2. The largest absolute Gasteiger partial charge is 0.275 e. The van der Waals surface area contributed by atoms with Crippen molar-refractivity contribution in [3.8, 4) is 0 Å². The summed E-state index contributed by atoms with van der Waals surface area (Å²) in [6.07, 6.45) is 4.62. The zero-order valence-corrected chi connectivity index (χ0v) is 15.7. The smallest absolute Gasteiger partial charge is 0.0976 e. The molecule has 1 aromatic carbocycles. The van der Waals surface area contributed by atoms with Crippen molar-refractivity contribution in [1.82, 2.24) is 14.5 Å². The van der Waals surface area contributed by atoms with Gasteiger partial charge in [-0.15, -0.1) is 0 Å². The van der Waals surface area contributed by atoms with Crippen molar-refractivity contribution in [1.29, 1.82) is 0 Å². The average molecular weight is 334 g/mol. The predicted octanol–water partition coefficient (Wildman–Crippen LogP) is 3.37. The molecule has 0 aliphatic heterocycles. The van der Waals surface area contributed by atoms with Gasteiger partial charge in [0, 0.05) is 18.8 Å². The van der Waals surface area contributed by atoms with Crippen LogP contribution in [0.1, 0.15) is 49.1 Å². The number of aromatic nitrogens is 2. The maximum atomic E-state index is 12.6. The van der Waals surface area contributed by atoms with Gasteiger partial charge in [0.05, 0.1) is 28.0 Å². The van der Waals surface area contributed by atoms with E-state index in [9.17, 15) is 4.21 Å². The highest BCUT2D eigenvalue weighted by Crippen LogP contribution is 2.22. The van der Waals surface area contributed by atoms with Crippen LogP contribution >= 0.6 is 0 Å². The lowest BCUT2D eigenvalue weighted by atomic mass is 9.99. The van der Waals surface area contributed by atoms with Crippen LogP contribution in [0.25, 0.3) is 0 Å². The number of nitrogens with one attached hydrogen (secondary N) is 1. The molecule has 0 amide bonds. The summed E-state index contributed by atoms with van der Waals surface area (Å²) >= 11 is 0. The third-order valence-electron chi connectivity index (χ3n) is 3.65. The fourth-order valence-electron chi connectivity index (χ4n) is 2.58. The average Bonchev–Trinajstić information content (AvgIpc) is 2.82. The fraction of sp³-hybridized carbons (Fsp3) is 0.500. The van der Waals surface area contributed by atoms with Gasteiger partial charge in [-0.05, 0) is 46.6 Å². The minimum absolute atomic E-state index is 0.0232. The Labute approximate surface area is 141 Å². The second-order valence-electron chi connectivity index (χ2n) is 7.20. The van der Waals surface area contributed by atoms with E-state index in [0.29, 0.717) is 0 Å². The lowest BCUT2D eigenvalue weighted by Crippen LogP contribution is -2.36. The van der Waals surface area contributed by atoms with E-state index in [4.69, 9.17) is 0 Å². The van der Waals surface area contributed by atoms with E-state index in [0.717, 1.165) is 12.0 Å². The predicted molar refractivity (Wildman–Crippen MR) is 96.6 cm³/mol. The number of nitrogens with zero attached hydrogens (tertiary/aromatic N) is 2. The molecule has 0 fully saturated rings. The van der Waals surface area contributed by atoms with E-state index in [1.54, 1.807) is 4.68 Å². The summed E-state index contributed by atoms with van der Waals surface area (Å²) in [7, 11) is 0.771. The molecule has 1 N–H and O–H groups in total. The Balaban J connectivity index is 2.28. The molecule has 0 saturated heterocycles. The quantitative estimate of drug-likeness (QED) is 0.912. The molecule has 2 rings (SSSR count). The van der Waals surface area contributed by atoms with E-state index in [1.165, 1.54) is 16.7 Å². The molecule has 0 aliphatic carbocycles. The molecule has 1 aromatic heterocycles. The topological polar surface area (TPSA) is 46.9 Å². The molecular weight excluding hydrogens is 306 g/mol. The van der Waals surface area contributed by atoms with Crippen LogP contribution in [0, 0.1) is 13.8 Å². The van der Waals surface area contributed by atoms with E-state index in [1.807, 2.05) is 40.2 Å². The van der Waals surface area contributed by atoms with Crippen molar-refractivity contribution >= 4 is 11.0 Å². The number of hydrogen-bond donors (Lipinski definition) is 1. The standard InChI is InChI=1S/C18H27N3OS/c1-13-7-14(2)9-15(8-13)10-17(16-11-19-21(6)12-16)20-23(22)18(3,4)5/h7-9,11-12,17,20H,10H2,1-6H3/t17?,23-/m0/s1. The van der Waals surface area contributed by atoms with Crippen molar-refractivity contribution in [2.24, 2.45) is 7.05 Å². The molecule has 0 spiro atoms.